The molecule has 10 heteroatoms. The van der Waals surface area contributed by atoms with Crippen LogP contribution in [0.15, 0.2) is 24.4 Å². The summed E-state index contributed by atoms with van der Waals surface area (Å²) < 4.78 is 15.4. The molecule has 1 aliphatic rings. The van der Waals surface area contributed by atoms with Gasteiger partial charge in [0, 0.05) is 44.5 Å². The second-order valence-electron chi connectivity index (χ2n) is 8.01. The van der Waals surface area contributed by atoms with E-state index in [0.29, 0.717) is 35.1 Å². The summed E-state index contributed by atoms with van der Waals surface area (Å²) in [6.07, 6.45) is 1.81. The first-order chi connectivity index (χ1) is 14.8. The molecular weight excluding hydrogens is 397 g/mol. The first-order valence-corrected chi connectivity index (χ1v) is 10.3. The smallest absolute Gasteiger partial charge is 0.230 e. The van der Waals surface area contributed by atoms with Crippen LogP contribution in [0.25, 0.3) is 0 Å². The number of hydrogen-bond acceptors (Lipinski definition) is 8. The van der Waals surface area contributed by atoms with E-state index in [-0.39, 0.29) is 5.82 Å². The van der Waals surface area contributed by atoms with Crippen molar-refractivity contribution in [3.8, 4) is 0 Å². The topological polar surface area (TPSA) is 87.0 Å². The maximum absolute atomic E-state index is 13.5. The van der Waals surface area contributed by atoms with E-state index in [0.717, 1.165) is 31.0 Å². The number of nitrogens with one attached hydrogen (secondary N) is 2. The van der Waals surface area contributed by atoms with E-state index in [1.165, 1.54) is 6.07 Å². The Bertz CT molecular complexity index is 1060. The predicted octanol–water partition coefficient (Wildman–Crippen LogP) is 2.99. The van der Waals surface area contributed by atoms with Crippen LogP contribution in [0, 0.1) is 19.7 Å². The van der Waals surface area contributed by atoms with E-state index in [9.17, 15) is 4.39 Å². The highest BCUT2D eigenvalue weighted by Gasteiger charge is 2.24. The maximum Gasteiger partial charge on any atom is 0.230 e. The fourth-order valence-corrected chi connectivity index (χ4v) is 3.50. The average Bonchev–Trinajstić information content (AvgIpc) is 3.04. The van der Waals surface area contributed by atoms with Crippen LogP contribution in [0.4, 0.5) is 33.5 Å². The molecule has 164 valence electrons. The van der Waals surface area contributed by atoms with Crippen LogP contribution < -0.4 is 15.5 Å². The van der Waals surface area contributed by atoms with Gasteiger partial charge < -0.3 is 20.4 Å². The van der Waals surface area contributed by atoms with E-state index in [1.807, 2.05) is 30.9 Å². The van der Waals surface area contributed by atoms with Crippen molar-refractivity contribution in [2.24, 2.45) is 7.05 Å². The minimum atomic E-state index is -0.348. The Morgan fingerprint density at radius 2 is 1.87 bits per heavy atom. The summed E-state index contributed by atoms with van der Waals surface area (Å²) in [5.74, 6) is 1.88. The summed E-state index contributed by atoms with van der Waals surface area (Å²) in [4.78, 5) is 18.0. The van der Waals surface area contributed by atoms with Crippen molar-refractivity contribution in [2.45, 2.75) is 26.8 Å². The molecule has 1 fully saturated rings. The molecule has 1 aliphatic heterocycles. The van der Waals surface area contributed by atoms with Gasteiger partial charge in [-0.15, -0.1) is 0 Å². The summed E-state index contributed by atoms with van der Waals surface area (Å²) in [6, 6.07) is 5.33. The minimum absolute atomic E-state index is 0.315. The van der Waals surface area contributed by atoms with Crippen molar-refractivity contribution < 1.29 is 4.39 Å². The Hall–Kier alpha value is -3.27. The average molecular weight is 426 g/mol. The summed E-state index contributed by atoms with van der Waals surface area (Å²) in [7, 11) is 4.04. The number of rotatable bonds is 5. The largest absolute Gasteiger partial charge is 0.364 e. The molecule has 31 heavy (non-hydrogen) atoms. The molecule has 0 aliphatic carbocycles. The molecule has 0 spiro atoms. The summed E-state index contributed by atoms with van der Waals surface area (Å²) in [5.41, 5.74) is 2.27. The molecule has 3 aromatic heterocycles. The molecule has 0 amide bonds. The van der Waals surface area contributed by atoms with Gasteiger partial charge >= 0.3 is 0 Å². The minimum Gasteiger partial charge on any atom is -0.364 e. The first kappa shape index (κ1) is 21.0. The highest BCUT2D eigenvalue weighted by atomic mass is 19.1. The fourth-order valence-electron chi connectivity index (χ4n) is 3.50. The lowest BCUT2D eigenvalue weighted by Gasteiger charge is -2.39. The van der Waals surface area contributed by atoms with Crippen molar-refractivity contribution in [1.29, 1.82) is 0 Å². The summed E-state index contributed by atoms with van der Waals surface area (Å²) in [5, 5.41) is 10.9. The number of piperazine rings is 1. The molecule has 0 radical (unpaired) electrons. The zero-order valence-electron chi connectivity index (χ0n) is 18.5. The van der Waals surface area contributed by atoms with Gasteiger partial charge in [0.1, 0.15) is 11.6 Å². The van der Waals surface area contributed by atoms with Crippen LogP contribution in [0.5, 0.6) is 0 Å². The highest BCUT2D eigenvalue weighted by molar-refractivity contribution is 5.72. The second-order valence-corrected chi connectivity index (χ2v) is 8.01. The van der Waals surface area contributed by atoms with Crippen molar-refractivity contribution in [3.63, 3.8) is 0 Å². The number of pyridine rings is 1. The maximum atomic E-state index is 13.5. The SMILES string of the molecule is Cc1nc(Nc2ncc(N3CCN(C)[C@H](C)C3)c(Nc3cc(C)n(C)n3)n2)ccc1F. The van der Waals surface area contributed by atoms with Gasteiger partial charge in [-0.1, -0.05) is 0 Å². The van der Waals surface area contributed by atoms with Crippen LogP contribution in [0.1, 0.15) is 18.3 Å². The fraction of sp³-hybridized carbons (Fsp3) is 0.429. The third-order valence-electron chi connectivity index (χ3n) is 5.69. The van der Waals surface area contributed by atoms with Crippen LogP contribution in [-0.4, -0.2) is 62.4 Å². The molecular formula is C21H28FN9. The van der Waals surface area contributed by atoms with Gasteiger partial charge in [-0.25, -0.2) is 14.4 Å². The Labute approximate surface area is 181 Å². The number of aryl methyl sites for hydroxylation is 3. The molecule has 4 rings (SSSR count). The molecule has 4 heterocycles. The Kier molecular flexibility index (Phi) is 5.73. The quantitative estimate of drug-likeness (QED) is 0.645. The zero-order valence-corrected chi connectivity index (χ0v) is 18.5. The molecule has 1 atom stereocenters. The molecule has 3 aromatic rings. The number of likely N-dealkylation sites (N-methyl/N-ethyl adjacent to an activating group) is 1. The van der Waals surface area contributed by atoms with Gasteiger partial charge in [0.25, 0.3) is 0 Å². The highest BCUT2D eigenvalue weighted by Crippen LogP contribution is 2.29. The number of halogens is 1. The van der Waals surface area contributed by atoms with E-state index >= 15 is 0 Å². The van der Waals surface area contributed by atoms with Crippen LogP contribution >= 0.6 is 0 Å². The third-order valence-corrected chi connectivity index (χ3v) is 5.69. The normalized spacial score (nSPS) is 17.1. The van der Waals surface area contributed by atoms with Gasteiger partial charge in [0.15, 0.2) is 11.6 Å². The number of hydrogen-bond donors (Lipinski definition) is 2. The Morgan fingerprint density at radius 3 is 2.55 bits per heavy atom. The molecule has 1 saturated heterocycles. The zero-order chi connectivity index (χ0) is 22.1. The Morgan fingerprint density at radius 1 is 1.06 bits per heavy atom. The van der Waals surface area contributed by atoms with E-state index < -0.39 is 0 Å². The van der Waals surface area contributed by atoms with E-state index in [1.54, 1.807) is 13.0 Å². The van der Waals surface area contributed by atoms with Gasteiger partial charge in [0.05, 0.1) is 17.6 Å². The molecule has 2 N–H and O–H groups in total. The Balaban J connectivity index is 1.66. The number of anilines is 5. The van der Waals surface area contributed by atoms with E-state index in [2.05, 4.69) is 49.5 Å². The molecule has 9 nitrogen and oxygen atoms in total. The standard InChI is InChI=1S/C21H28FN9/c1-13-10-19(28-30(13)5)25-20-17(31-9-8-29(4)14(2)12-31)11-23-21(27-20)26-18-7-6-16(22)15(3)24-18/h6-7,10-11,14H,8-9,12H2,1-5H3,(H2,23,24,25,26,27,28)/t14-/m1/s1. The van der Waals surface area contributed by atoms with Crippen LogP contribution in [0.3, 0.4) is 0 Å². The van der Waals surface area contributed by atoms with Crippen LogP contribution in [0.2, 0.25) is 0 Å². The van der Waals surface area contributed by atoms with Gasteiger partial charge in [-0.3, -0.25) is 4.68 Å². The first-order valence-electron chi connectivity index (χ1n) is 10.3. The van der Waals surface area contributed by atoms with Gasteiger partial charge in [-0.05, 0) is 40.0 Å². The molecule has 0 aromatic carbocycles. The lowest BCUT2D eigenvalue weighted by molar-refractivity contribution is 0.234. The van der Waals surface area contributed by atoms with Crippen LogP contribution in [-0.2, 0) is 7.05 Å². The lowest BCUT2D eigenvalue weighted by Crippen LogP contribution is -2.50. The lowest BCUT2D eigenvalue weighted by atomic mass is 10.2. The van der Waals surface area contributed by atoms with Crippen molar-refractivity contribution >= 4 is 29.1 Å². The van der Waals surface area contributed by atoms with Gasteiger partial charge in [0.2, 0.25) is 5.95 Å². The predicted molar refractivity (Wildman–Crippen MR) is 120 cm³/mol. The van der Waals surface area contributed by atoms with Crippen molar-refractivity contribution in [3.05, 3.63) is 41.6 Å². The number of nitrogens with zero attached hydrogens (tertiary/aromatic N) is 7. The second kappa shape index (κ2) is 8.46. The third kappa shape index (κ3) is 4.58. The molecule has 0 bridgehead atoms. The summed E-state index contributed by atoms with van der Waals surface area (Å²) >= 11 is 0. The van der Waals surface area contributed by atoms with Gasteiger partial charge in [-0.2, -0.15) is 10.1 Å². The molecule has 0 unspecified atom stereocenters. The van der Waals surface area contributed by atoms with Crippen molar-refractivity contribution in [1.82, 2.24) is 29.6 Å². The number of aromatic nitrogens is 5. The van der Waals surface area contributed by atoms with Crippen molar-refractivity contribution in [2.75, 3.05) is 42.2 Å². The molecule has 0 saturated carbocycles. The summed E-state index contributed by atoms with van der Waals surface area (Å²) in [6.45, 7) is 8.54. The monoisotopic (exact) mass is 425 g/mol. The van der Waals surface area contributed by atoms with E-state index in [4.69, 9.17) is 4.98 Å².